The smallest absolute Gasteiger partial charge is 0.0571 e. The van der Waals surface area contributed by atoms with E-state index in [4.69, 9.17) is 4.74 Å². The van der Waals surface area contributed by atoms with Crippen molar-refractivity contribution >= 4 is 0 Å². The molecule has 0 saturated carbocycles. The molecule has 1 heteroatoms. The molecule has 0 rings (SSSR count). The van der Waals surface area contributed by atoms with Crippen molar-refractivity contribution in [3.8, 4) is 0 Å². The number of rotatable bonds is 9. The predicted molar refractivity (Wildman–Crippen MR) is 72.7 cm³/mol. The summed E-state index contributed by atoms with van der Waals surface area (Å²) in [5.74, 6) is 2.33. The van der Waals surface area contributed by atoms with Gasteiger partial charge >= 0.3 is 0 Å². The summed E-state index contributed by atoms with van der Waals surface area (Å²) < 4.78 is 5.47. The van der Waals surface area contributed by atoms with Crippen molar-refractivity contribution in [3.05, 3.63) is 0 Å². The maximum atomic E-state index is 5.47. The molecule has 0 radical (unpaired) electrons. The van der Waals surface area contributed by atoms with Crippen LogP contribution in [0.3, 0.4) is 0 Å². The topological polar surface area (TPSA) is 9.23 Å². The summed E-state index contributed by atoms with van der Waals surface area (Å²) in [4.78, 5) is 0. The van der Waals surface area contributed by atoms with Crippen LogP contribution in [0.25, 0.3) is 0 Å². The van der Waals surface area contributed by atoms with Crippen LogP contribution in [0.5, 0.6) is 0 Å². The highest BCUT2D eigenvalue weighted by atomic mass is 16.5. The molecule has 0 heterocycles. The van der Waals surface area contributed by atoms with E-state index < -0.39 is 0 Å². The molecule has 16 heavy (non-hydrogen) atoms. The summed E-state index contributed by atoms with van der Waals surface area (Å²) >= 11 is 0. The normalized spacial score (nSPS) is 19.1. The highest BCUT2D eigenvalue weighted by Crippen LogP contribution is 2.31. The van der Waals surface area contributed by atoms with E-state index in [1.807, 2.05) is 7.11 Å². The highest BCUT2D eigenvalue weighted by molar-refractivity contribution is 4.75. The van der Waals surface area contributed by atoms with Crippen molar-refractivity contribution < 1.29 is 4.74 Å². The van der Waals surface area contributed by atoms with Gasteiger partial charge in [-0.05, 0) is 24.7 Å². The Morgan fingerprint density at radius 3 is 1.94 bits per heavy atom. The second kappa shape index (κ2) is 9.04. The zero-order valence-electron chi connectivity index (χ0n) is 12.3. The Hall–Kier alpha value is -0.0400. The van der Waals surface area contributed by atoms with Gasteiger partial charge in [0.1, 0.15) is 0 Å². The third kappa shape index (κ3) is 5.34. The Bertz CT molecular complexity index is 156. The molecule has 0 spiro atoms. The summed E-state index contributed by atoms with van der Waals surface area (Å²) in [5.41, 5.74) is 0. The molecule has 0 aliphatic heterocycles. The number of hydrogen-bond donors (Lipinski definition) is 0. The Labute approximate surface area is 103 Å². The van der Waals surface area contributed by atoms with Crippen LogP contribution in [0.4, 0.5) is 0 Å². The van der Waals surface area contributed by atoms with Crippen molar-refractivity contribution in [3.63, 3.8) is 0 Å². The average molecular weight is 228 g/mol. The fraction of sp³-hybridized carbons (Fsp3) is 1.00. The average Bonchev–Trinajstić information content (AvgIpc) is 2.31. The van der Waals surface area contributed by atoms with Gasteiger partial charge in [0, 0.05) is 7.11 Å². The van der Waals surface area contributed by atoms with Gasteiger partial charge in [-0.15, -0.1) is 0 Å². The minimum Gasteiger partial charge on any atom is -0.381 e. The number of hydrogen-bond acceptors (Lipinski definition) is 1. The van der Waals surface area contributed by atoms with Gasteiger partial charge in [-0.1, -0.05) is 59.8 Å². The van der Waals surface area contributed by atoms with Crippen LogP contribution < -0.4 is 0 Å². The monoisotopic (exact) mass is 228 g/mol. The van der Waals surface area contributed by atoms with Gasteiger partial charge in [0.2, 0.25) is 0 Å². The Morgan fingerprint density at radius 1 is 0.875 bits per heavy atom. The quantitative estimate of drug-likeness (QED) is 0.545. The third-order valence-corrected chi connectivity index (χ3v) is 4.27. The molecular formula is C15H32O. The molecule has 0 aromatic heterocycles. The lowest BCUT2D eigenvalue weighted by molar-refractivity contribution is 0.0351. The molecule has 0 N–H and O–H groups in total. The number of unbranched alkanes of at least 4 members (excludes halogenated alkanes) is 1. The van der Waals surface area contributed by atoms with Crippen LogP contribution >= 0.6 is 0 Å². The third-order valence-electron chi connectivity index (χ3n) is 4.27. The van der Waals surface area contributed by atoms with Crippen LogP contribution in [0, 0.1) is 17.8 Å². The predicted octanol–water partition coefficient (Wildman–Crippen LogP) is 4.90. The van der Waals surface area contributed by atoms with E-state index in [1.54, 1.807) is 0 Å². The fourth-order valence-electron chi connectivity index (χ4n) is 2.58. The molecule has 0 saturated heterocycles. The van der Waals surface area contributed by atoms with Gasteiger partial charge in [-0.25, -0.2) is 0 Å². The molecule has 1 nitrogen and oxygen atoms in total. The molecule has 0 aliphatic rings. The summed E-state index contributed by atoms with van der Waals surface area (Å²) in [7, 11) is 1.83. The highest BCUT2D eigenvalue weighted by Gasteiger charge is 2.25. The number of ether oxygens (including phenoxy) is 1. The standard InChI is InChI=1S/C15H32O/c1-7-9-11-15(10-8-2)13(4)12(3)14(5)16-6/h12-15H,7-11H2,1-6H3. The first kappa shape index (κ1) is 16.0. The van der Waals surface area contributed by atoms with E-state index in [1.165, 1.54) is 32.1 Å². The van der Waals surface area contributed by atoms with E-state index in [2.05, 4.69) is 34.6 Å². The van der Waals surface area contributed by atoms with Gasteiger partial charge in [0.25, 0.3) is 0 Å². The molecule has 0 aliphatic carbocycles. The first-order valence-electron chi connectivity index (χ1n) is 7.11. The zero-order chi connectivity index (χ0) is 12.6. The number of methoxy groups -OCH3 is 1. The van der Waals surface area contributed by atoms with Gasteiger partial charge in [-0.2, -0.15) is 0 Å². The summed E-state index contributed by atoms with van der Waals surface area (Å²) in [5, 5.41) is 0. The molecule has 0 aromatic carbocycles. The van der Waals surface area contributed by atoms with Crippen molar-refractivity contribution in [2.24, 2.45) is 17.8 Å². The lowest BCUT2D eigenvalue weighted by Gasteiger charge is -2.32. The fourth-order valence-corrected chi connectivity index (χ4v) is 2.58. The maximum absolute atomic E-state index is 5.47. The van der Waals surface area contributed by atoms with Crippen LogP contribution in [-0.4, -0.2) is 13.2 Å². The second-order valence-electron chi connectivity index (χ2n) is 5.35. The summed E-state index contributed by atoms with van der Waals surface area (Å²) in [6.45, 7) is 11.5. The molecule has 4 unspecified atom stereocenters. The van der Waals surface area contributed by atoms with Crippen LogP contribution in [-0.2, 0) is 4.74 Å². The molecular weight excluding hydrogens is 196 g/mol. The molecule has 0 amide bonds. The SMILES string of the molecule is CCCCC(CCC)C(C)C(C)C(C)OC. The summed E-state index contributed by atoms with van der Waals surface area (Å²) in [6.07, 6.45) is 7.17. The first-order valence-corrected chi connectivity index (χ1v) is 7.11. The largest absolute Gasteiger partial charge is 0.381 e. The van der Waals surface area contributed by atoms with E-state index >= 15 is 0 Å². The summed E-state index contributed by atoms with van der Waals surface area (Å²) in [6, 6.07) is 0. The maximum Gasteiger partial charge on any atom is 0.0571 e. The lowest BCUT2D eigenvalue weighted by Crippen LogP contribution is -2.28. The van der Waals surface area contributed by atoms with Gasteiger partial charge in [0.15, 0.2) is 0 Å². The van der Waals surface area contributed by atoms with Crippen molar-refractivity contribution in [2.45, 2.75) is 72.8 Å². The second-order valence-corrected chi connectivity index (χ2v) is 5.35. The molecule has 98 valence electrons. The lowest BCUT2D eigenvalue weighted by atomic mass is 9.77. The Morgan fingerprint density at radius 2 is 1.50 bits per heavy atom. The molecule has 4 atom stereocenters. The van der Waals surface area contributed by atoms with Crippen LogP contribution in [0.2, 0.25) is 0 Å². The van der Waals surface area contributed by atoms with Gasteiger partial charge in [0.05, 0.1) is 6.10 Å². The van der Waals surface area contributed by atoms with Gasteiger partial charge < -0.3 is 4.74 Å². The minimum atomic E-state index is 0.385. The van der Waals surface area contributed by atoms with Crippen molar-refractivity contribution in [2.75, 3.05) is 7.11 Å². The van der Waals surface area contributed by atoms with Gasteiger partial charge in [-0.3, -0.25) is 0 Å². The van der Waals surface area contributed by atoms with E-state index in [0.29, 0.717) is 12.0 Å². The van der Waals surface area contributed by atoms with E-state index in [-0.39, 0.29) is 0 Å². The molecule has 0 fully saturated rings. The van der Waals surface area contributed by atoms with E-state index in [9.17, 15) is 0 Å². The first-order chi connectivity index (χ1) is 7.58. The van der Waals surface area contributed by atoms with Crippen LogP contribution in [0.15, 0.2) is 0 Å². The Balaban J connectivity index is 4.28. The zero-order valence-corrected chi connectivity index (χ0v) is 12.3. The van der Waals surface area contributed by atoms with E-state index in [0.717, 1.165) is 11.8 Å². The van der Waals surface area contributed by atoms with Crippen molar-refractivity contribution in [1.82, 2.24) is 0 Å². The molecule has 0 bridgehead atoms. The minimum absolute atomic E-state index is 0.385. The van der Waals surface area contributed by atoms with Crippen molar-refractivity contribution in [1.29, 1.82) is 0 Å². The van der Waals surface area contributed by atoms with Crippen LogP contribution in [0.1, 0.15) is 66.7 Å². The molecule has 0 aromatic rings. The Kier molecular flexibility index (Phi) is 9.02.